The predicted molar refractivity (Wildman–Crippen MR) is 115 cm³/mol. The van der Waals surface area contributed by atoms with E-state index in [0.717, 1.165) is 24.4 Å². The van der Waals surface area contributed by atoms with Gasteiger partial charge in [-0.15, -0.1) is 0 Å². The van der Waals surface area contributed by atoms with Gasteiger partial charge in [-0.2, -0.15) is 0 Å². The van der Waals surface area contributed by atoms with Gasteiger partial charge in [-0.1, -0.05) is 24.3 Å². The Morgan fingerprint density at radius 3 is 2.61 bits per heavy atom. The molecule has 2 heterocycles. The second-order valence-corrected chi connectivity index (χ2v) is 7.48. The van der Waals surface area contributed by atoms with Crippen LogP contribution < -0.4 is 19.7 Å². The van der Waals surface area contributed by atoms with Crippen molar-refractivity contribution in [3.8, 4) is 11.5 Å². The molecule has 1 saturated heterocycles. The molecule has 8 nitrogen and oxygen atoms in total. The first-order valence-electron chi connectivity index (χ1n) is 10.4. The van der Waals surface area contributed by atoms with Gasteiger partial charge in [-0.3, -0.25) is 19.4 Å². The summed E-state index contributed by atoms with van der Waals surface area (Å²) in [6, 6.07) is 15.1. The number of para-hydroxylation sites is 2. The zero-order valence-corrected chi connectivity index (χ0v) is 17.6. The number of rotatable bonds is 7. The van der Waals surface area contributed by atoms with Crippen molar-refractivity contribution in [2.75, 3.05) is 58.0 Å². The third kappa shape index (κ3) is 4.98. The molecule has 2 aromatic carbocycles. The van der Waals surface area contributed by atoms with Crippen molar-refractivity contribution in [2.45, 2.75) is 6.04 Å². The minimum Gasteiger partial charge on any atom is -0.497 e. The van der Waals surface area contributed by atoms with Crippen LogP contribution in [0.4, 0.5) is 5.69 Å². The molecule has 8 heteroatoms. The Morgan fingerprint density at radius 2 is 1.87 bits per heavy atom. The number of methoxy groups -OCH3 is 1. The highest BCUT2D eigenvalue weighted by Gasteiger charge is 2.28. The topological polar surface area (TPSA) is 80.3 Å². The number of fused-ring (bicyclic) bond motifs is 1. The lowest BCUT2D eigenvalue weighted by Gasteiger charge is -2.35. The largest absolute Gasteiger partial charge is 0.497 e. The highest BCUT2D eigenvalue weighted by atomic mass is 16.5. The maximum absolute atomic E-state index is 12.8. The van der Waals surface area contributed by atoms with E-state index in [9.17, 15) is 9.59 Å². The molecule has 2 aliphatic heterocycles. The van der Waals surface area contributed by atoms with Crippen molar-refractivity contribution in [3.63, 3.8) is 0 Å². The molecule has 1 atom stereocenters. The number of nitrogens with zero attached hydrogens (tertiary/aromatic N) is 2. The minimum absolute atomic E-state index is 0.00596. The Morgan fingerprint density at radius 1 is 1.13 bits per heavy atom. The lowest BCUT2D eigenvalue weighted by atomic mass is 10.0. The van der Waals surface area contributed by atoms with Gasteiger partial charge in [-0.05, 0) is 29.8 Å². The monoisotopic (exact) mass is 425 g/mol. The van der Waals surface area contributed by atoms with Crippen LogP contribution in [0.5, 0.6) is 11.5 Å². The summed E-state index contributed by atoms with van der Waals surface area (Å²) >= 11 is 0. The molecule has 0 aromatic heterocycles. The maximum Gasteiger partial charge on any atom is 0.265 e. The van der Waals surface area contributed by atoms with Crippen molar-refractivity contribution in [1.82, 2.24) is 10.2 Å². The molecule has 31 heavy (non-hydrogen) atoms. The number of carbonyl (C=O) groups excluding carboxylic acids is 2. The van der Waals surface area contributed by atoms with E-state index in [1.54, 1.807) is 19.2 Å². The first kappa shape index (κ1) is 21.1. The Balaban J connectivity index is 1.44. The van der Waals surface area contributed by atoms with Crippen LogP contribution >= 0.6 is 0 Å². The number of benzene rings is 2. The molecule has 164 valence electrons. The van der Waals surface area contributed by atoms with E-state index in [1.807, 2.05) is 36.4 Å². The average Bonchev–Trinajstić information content (AvgIpc) is 2.82. The van der Waals surface area contributed by atoms with E-state index in [2.05, 4.69) is 10.2 Å². The smallest absolute Gasteiger partial charge is 0.265 e. The summed E-state index contributed by atoms with van der Waals surface area (Å²) in [4.78, 5) is 28.9. The molecular weight excluding hydrogens is 398 g/mol. The van der Waals surface area contributed by atoms with Gasteiger partial charge in [0.25, 0.3) is 5.91 Å². The number of nitrogens with one attached hydrogen (secondary N) is 1. The maximum atomic E-state index is 12.8. The van der Waals surface area contributed by atoms with Crippen molar-refractivity contribution in [2.24, 2.45) is 0 Å². The molecule has 1 fully saturated rings. The number of hydrogen-bond donors (Lipinski definition) is 1. The lowest BCUT2D eigenvalue weighted by Crippen LogP contribution is -2.48. The molecule has 0 aliphatic carbocycles. The number of hydrogen-bond acceptors (Lipinski definition) is 6. The van der Waals surface area contributed by atoms with Crippen molar-refractivity contribution in [1.29, 1.82) is 0 Å². The molecule has 1 unspecified atom stereocenters. The van der Waals surface area contributed by atoms with Crippen molar-refractivity contribution >= 4 is 17.5 Å². The van der Waals surface area contributed by atoms with Crippen LogP contribution in [0.3, 0.4) is 0 Å². The fourth-order valence-electron chi connectivity index (χ4n) is 3.91. The van der Waals surface area contributed by atoms with E-state index in [-0.39, 0.29) is 31.0 Å². The molecule has 0 bridgehead atoms. The number of carbonyl (C=O) groups is 2. The van der Waals surface area contributed by atoms with E-state index < -0.39 is 0 Å². The van der Waals surface area contributed by atoms with Crippen LogP contribution in [-0.2, 0) is 14.3 Å². The van der Waals surface area contributed by atoms with Crippen molar-refractivity contribution in [3.05, 3.63) is 54.1 Å². The SMILES string of the molecule is COc1ccc(C(CNC(=O)CN2C(=O)COc3ccccc32)N2CCOCC2)cc1. The Hall–Kier alpha value is -3.10. The summed E-state index contributed by atoms with van der Waals surface area (Å²) in [7, 11) is 1.64. The van der Waals surface area contributed by atoms with Crippen LogP contribution in [0.15, 0.2) is 48.5 Å². The molecule has 2 amide bonds. The number of morpholine rings is 1. The Bertz CT molecular complexity index is 912. The zero-order chi connectivity index (χ0) is 21.6. The van der Waals surface area contributed by atoms with E-state index >= 15 is 0 Å². The summed E-state index contributed by atoms with van der Waals surface area (Å²) < 4.78 is 16.2. The highest BCUT2D eigenvalue weighted by molar-refractivity contribution is 6.02. The highest BCUT2D eigenvalue weighted by Crippen LogP contribution is 2.31. The molecular formula is C23H27N3O5. The summed E-state index contributed by atoms with van der Waals surface area (Å²) in [5.74, 6) is 0.961. The minimum atomic E-state index is -0.228. The molecule has 0 saturated carbocycles. The van der Waals surface area contributed by atoms with E-state index in [0.29, 0.717) is 31.2 Å². The fourth-order valence-corrected chi connectivity index (χ4v) is 3.91. The van der Waals surface area contributed by atoms with Crippen molar-refractivity contribution < 1.29 is 23.8 Å². The van der Waals surface area contributed by atoms with Crippen LogP contribution in [0, 0.1) is 0 Å². The van der Waals surface area contributed by atoms with Gasteiger partial charge in [0.05, 0.1) is 32.1 Å². The van der Waals surface area contributed by atoms with Gasteiger partial charge < -0.3 is 19.5 Å². The van der Waals surface area contributed by atoms with Gasteiger partial charge in [0.1, 0.15) is 18.0 Å². The molecule has 2 aliphatic rings. The normalized spacial score (nSPS) is 17.5. The first-order valence-corrected chi connectivity index (χ1v) is 10.4. The second kappa shape index (κ2) is 9.80. The summed E-state index contributed by atoms with van der Waals surface area (Å²) in [5, 5.41) is 3.02. The average molecular weight is 425 g/mol. The molecule has 4 rings (SSSR count). The number of ether oxygens (including phenoxy) is 3. The van der Waals surface area contributed by atoms with Gasteiger partial charge in [-0.25, -0.2) is 0 Å². The van der Waals surface area contributed by atoms with Crippen LogP contribution in [0.25, 0.3) is 0 Å². The predicted octanol–water partition coefficient (Wildman–Crippen LogP) is 1.61. The van der Waals surface area contributed by atoms with Crippen LogP contribution in [-0.4, -0.2) is 69.8 Å². The van der Waals surface area contributed by atoms with E-state index in [1.165, 1.54) is 4.90 Å². The second-order valence-electron chi connectivity index (χ2n) is 7.48. The molecule has 0 radical (unpaired) electrons. The van der Waals surface area contributed by atoms with Gasteiger partial charge in [0.2, 0.25) is 5.91 Å². The quantitative estimate of drug-likeness (QED) is 0.726. The fraction of sp³-hybridized carbons (Fsp3) is 0.391. The number of amides is 2. The summed E-state index contributed by atoms with van der Waals surface area (Å²) in [5.41, 5.74) is 1.71. The zero-order valence-electron chi connectivity index (χ0n) is 17.6. The summed E-state index contributed by atoms with van der Waals surface area (Å²) in [6.07, 6.45) is 0. The molecule has 0 spiro atoms. The van der Waals surface area contributed by atoms with Gasteiger partial charge in [0, 0.05) is 19.6 Å². The van der Waals surface area contributed by atoms with Crippen LogP contribution in [0.1, 0.15) is 11.6 Å². The Kier molecular flexibility index (Phi) is 6.69. The van der Waals surface area contributed by atoms with Crippen LogP contribution in [0.2, 0.25) is 0 Å². The summed E-state index contributed by atoms with van der Waals surface area (Å²) in [6.45, 7) is 3.25. The molecule has 1 N–H and O–H groups in total. The van der Waals surface area contributed by atoms with Gasteiger partial charge in [0.15, 0.2) is 6.61 Å². The van der Waals surface area contributed by atoms with Gasteiger partial charge >= 0.3 is 0 Å². The van der Waals surface area contributed by atoms with E-state index in [4.69, 9.17) is 14.2 Å². The Labute approximate surface area is 181 Å². The lowest BCUT2D eigenvalue weighted by molar-refractivity contribution is -0.125. The standard InChI is InChI=1S/C23H27N3O5/c1-29-18-8-6-17(7-9-18)20(25-10-12-30-13-11-25)14-24-22(27)15-26-19-4-2-3-5-21(19)31-16-23(26)28/h2-9,20H,10-16H2,1H3,(H,24,27). The third-order valence-electron chi connectivity index (χ3n) is 5.59. The third-order valence-corrected chi connectivity index (χ3v) is 5.59. The molecule has 2 aromatic rings. The first-order chi connectivity index (χ1) is 15.2. The number of anilines is 1.